The maximum absolute atomic E-state index is 11.2. The molecular formula is C12H21NO8. The average molecular weight is 307 g/mol. The van der Waals surface area contributed by atoms with E-state index in [1.54, 1.807) is 6.92 Å². The van der Waals surface area contributed by atoms with Crippen molar-refractivity contribution in [2.45, 2.75) is 57.0 Å². The number of carboxylic acid groups (broad SMARTS) is 1. The molecule has 6 atom stereocenters. The summed E-state index contributed by atoms with van der Waals surface area (Å²) in [5.41, 5.74) is 0. The number of hydrogen-bond donors (Lipinski definition) is 5. The van der Waals surface area contributed by atoms with Gasteiger partial charge in [0.05, 0.1) is 6.61 Å². The monoisotopic (exact) mass is 307 g/mol. The summed E-state index contributed by atoms with van der Waals surface area (Å²) in [6.45, 7) is 2.20. The number of aliphatic carboxylic acids is 1. The highest BCUT2D eigenvalue weighted by molar-refractivity contribution is 5.73. The van der Waals surface area contributed by atoms with Crippen molar-refractivity contribution in [3.63, 3.8) is 0 Å². The number of nitrogens with one attached hydrogen (secondary N) is 1. The van der Waals surface area contributed by atoms with Gasteiger partial charge in [-0.2, -0.15) is 0 Å². The van der Waals surface area contributed by atoms with Crippen molar-refractivity contribution in [3.05, 3.63) is 0 Å². The zero-order chi connectivity index (χ0) is 16.2. The molecule has 0 radical (unpaired) electrons. The van der Waals surface area contributed by atoms with Gasteiger partial charge in [-0.3, -0.25) is 4.79 Å². The van der Waals surface area contributed by atoms with Gasteiger partial charge in [0.2, 0.25) is 5.91 Å². The molecule has 1 fully saturated rings. The second kappa shape index (κ2) is 7.66. The Labute approximate surface area is 121 Å². The molecule has 0 bridgehead atoms. The third-order valence-electron chi connectivity index (χ3n) is 3.20. The SMILES string of the molecule is CC[C@H](OC1OC(CO)[C@@H](O)[C@H](O)C1NC(C)=O)C(=O)O. The quantitative estimate of drug-likeness (QED) is 0.372. The third-order valence-corrected chi connectivity index (χ3v) is 3.20. The molecule has 1 amide bonds. The summed E-state index contributed by atoms with van der Waals surface area (Å²) in [7, 11) is 0. The van der Waals surface area contributed by atoms with Gasteiger partial charge in [0.25, 0.3) is 0 Å². The first-order chi connectivity index (χ1) is 9.81. The predicted octanol–water partition coefficient (Wildman–Crippen LogP) is -2.19. The van der Waals surface area contributed by atoms with E-state index in [4.69, 9.17) is 19.7 Å². The van der Waals surface area contributed by atoms with E-state index in [2.05, 4.69) is 5.32 Å². The van der Waals surface area contributed by atoms with Crippen molar-refractivity contribution >= 4 is 11.9 Å². The van der Waals surface area contributed by atoms with E-state index in [0.717, 1.165) is 0 Å². The molecular weight excluding hydrogens is 286 g/mol. The Bertz CT molecular complexity index is 376. The highest BCUT2D eigenvalue weighted by atomic mass is 16.7. The molecule has 0 aromatic carbocycles. The van der Waals surface area contributed by atoms with Crippen LogP contribution in [0.5, 0.6) is 0 Å². The van der Waals surface area contributed by atoms with Crippen molar-refractivity contribution in [3.8, 4) is 0 Å². The van der Waals surface area contributed by atoms with E-state index in [9.17, 15) is 19.8 Å². The van der Waals surface area contributed by atoms with Gasteiger partial charge in [0.1, 0.15) is 24.4 Å². The Kier molecular flexibility index (Phi) is 6.49. The number of ether oxygens (including phenoxy) is 2. The van der Waals surface area contributed by atoms with Gasteiger partial charge in [-0.1, -0.05) is 6.92 Å². The van der Waals surface area contributed by atoms with Crippen molar-refractivity contribution < 1.29 is 39.5 Å². The number of carboxylic acids is 1. The van der Waals surface area contributed by atoms with E-state index in [-0.39, 0.29) is 6.42 Å². The van der Waals surface area contributed by atoms with Crippen molar-refractivity contribution in [2.75, 3.05) is 6.61 Å². The van der Waals surface area contributed by atoms with Crippen LogP contribution < -0.4 is 5.32 Å². The first-order valence-corrected chi connectivity index (χ1v) is 6.59. The molecule has 9 nitrogen and oxygen atoms in total. The van der Waals surface area contributed by atoms with Gasteiger partial charge in [0.15, 0.2) is 12.4 Å². The van der Waals surface area contributed by atoms with Crippen LogP contribution in [0.1, 0.15) is 20.3 Å². The van der Waals surface area contributed by atoms with Crippen LogP contribution in [0.25, 0.3) is 0 Å². The minimum absolute atomic E-state index is 0.143. The molecule has 21 heavy (non-hydrogen) atoms. The molecule has 1 heterocycles. The Balaban J connectivity index is 2.92. The summed E-state index contributed by atoms with van der Waals surface area (Å²) in [5.74, 6) is -1.72. The Morgan fingerprint density at radius 3 is 2.38 bits per heavy atom. The minimum atomic E-state index is -1.46. The normalized spacial score (nSPS) is 34.2. The molecule has 9 heteroatoms. The van der Waals surface area contributed by atoms with Gasteiger partial charge < -0.3 is 35.2 Å². The summed E-state index contributed by atoms with van der Waals surface area (Å²) in [5, 5.41) is 40.2. The van der Waals surface area contributed by atoms with Crippen molar-refractivity contribution in [2.24, 2.45) is 0 Å². The zero-order valence-electron chi connectivity index (χ0n) is 11.8. The molecule has 1 aliphatic rings. The Hall–Kier alpha value is -1.26. The van der Waals surface area contributed by atoms with Crippen LogP contribution >= 0.6 is 0 Å². The number of rotatable bonds is 6. The van der Waals surface area contributed by atoms with Gasteiger partial charge in [-0.15, -0.1) is 0 Å². The molecule has 0 spiro atoms. The maximum atomic E-state index is 11.2. The molecule has 3 unspecified atom stereocenters. The lowest BCUT2D eigenvalue weighted by molar-refractivity contribution is -0.281. The van der Waals surface area contributed by atoms with E-state index >= 15 is 0 Å². The van der Waals surface area contributed by atoms with Crippen LogP contribution in [-0.2, 0) is 19.1 Å². The van der Waals surface area contributed by atoms with Crippen molar-refractivity contribution in [1.29, 1.82) is 0 Å². The standard InChI is InChI=1S/C12H21NO8/c1-3-6(11(18)19)20-12-8(13-5(2)15)10(17)9(16)7(4-14)21-12/h6-10,12,14,16-17H,3-4H2,1-2H3,(H,13,15)(H,18,19)/t6-,7?,8?,9+,10+,12?/m0/s1. The second-order valence-electron chi connectivity index (χ2n) is 4.80. The Morgan fingerprint density at radius 1 is 1.33 bits per heavy atom. The van der Waals surface area contributed by atoms with E-state index in [0.29, 0.717) is 0 Å². The third kappa shape index (κ3) is 4.35. The number of aliphatic hydroxyl groups is 3. The predicted molar refractivity (Wildman–Crippen MR) is 68.2 cm³/mol. The number of aliphatic hydroxyl groups excluding tert-OH is 3. The lowest BCUT2D eigenvalue weighted by Gasteiger charge is -2.42. The maximum Gasteiger partial charge on any atom is 0.332 e. The summed E-state index contributed by atoms with van der Waals surface area (Å²) >= 11 is 0. The fourth-order valence-electron chi connectivity index (χ4n) is 2.08. The summed E-state index contributed by atoms with van der Waals surface area (Å²) in [6.07, 6.45) is -6.39. The fraction of sp³-hybridized carbons (Fsp3) is 0.833. The zero-order valence-corrected chi connectivity index (χ0v) is 11.8. The molecule has 0 aliphatic carbocycles. The van der Waals surface area contributed by atoms with Gasteiger partial charge in [-0.25, -0.2) is 4.79 Å². The van der Waals surface area contributed by atoms with Crippen LogP contribution in [0.4, 0.5) is 0 Å². The van der Waals surface area contributed by atoms with E-state index < -0.39 is 55.2 Å². The minimum Gasteiger partial charge on any atom is -0.479 e. The fourth-order valence-corrected chi connectivity index (χ4v) is 2.08. The van der Waals surface area contributed by atoms with Gasteiger partial charge in [0, 0.05) is 6.92 Å². The smallest absolute Gasteiger partial charge is 0.332 e. The summed E-state index contributed by atoms with van der Waals surface area (Å²) in [4.78, 5) is 22.2. The lowest BCUT2D eigenvalue weighted by atomic mass is 9.97. The molecule has 1 rings (SSSR count). The number of carbonyl (C=O) groups excluding carboxylic acids is 1. The molecule has 0 aromatic heterocycles. The first-order valence-electron chi connectivity index (χ1n) is 6.59. The molecule has 0 saturated carbocycles. The lowest BCUT2D eigenvalue weighted by Crippen LogP contribution is -2.65. The molecule has 1 aliphatic heterocycles. The van der Waals surface area contributed by atoms with Crippen LogP contribution in [0.15, 0.2) is 0 Å². The van der Waals surface area contributed by atoms with Gasteiger partial charge >= 0.3 is 5.97 Å². The molecule has 0 aromatic rings. The second-order valence-corrected chi connectivity index (χ2v) is 4.80. The van der Waals surface area contributed by atoms with Crippen LogP contribution in [0, 0.1) is 0 Å². The number of carbonyl (C=O) groups is 2. The highest BCUT2D eigenvalue weighted by Gasteiger charge is 2.46. The van der Waals surface area contributed by atoms with E-state index in [1.165, 1.54) is 6.92 Å². The van der Waals surface area contributed by atoms with Crippen molar-refractivity contribution in [1.82, 2.24) is 5.32 Å². The molecule has 1 saturated heterocycles. The molecule has 122 valence electrons. The first kappa shape index (κ1) is 17.8. The Morgan fingerprint density at radius 2 is 1.95 bits per heavy atom. The topological polar surface area (TPSA) is 146 Å². The summed E-state index contributed by atoms with van der Waals surface area (Å²) < 4.78 is 10.5. The average Bonchev–Trinajstić information content (AvgIpc) is 2.42. The van der Waals surface area contributed by atoms with Crippen LogP contribution in [0.2, 0.25) is 0 Å². The number of amides is 1. The molecule has 5 N–H and O–H groups in total. The van der Waals surface area contributed by atoms with E-state index in [1.807, 2.05) is 0 Å². The summed E-state index contributed by atoms with van der Waals surface area (Å²) in [6, 6.07) is -1.14. The largest absolute Gasteiger partial charge is 0.479 e. The highest BCUT2D eigenvalue weighted by Crippen LogP contribution is 2.23. The van der Waals surface area contributed by atoms with Crippen LogP contribution in [0.3, 0.4) is 0 Å². The van der Waals surface area contributed by atoms with Crippen LogP contribution in [-0.4, -0.2) is 75.7 Å². The van der Waals surface area contributed by atoms with Gasteiger partial charge in [-0.05, 0) is 6.42 Å². The number of hydrogen-bond acceptors (Lipinski definition) is 7.